The maximum absolute atomic E-state index is 13.3. The van der Waals surface area contributed by atoms with Crippen LogP contribution in [-0.4, -0.2) is 28.8 Å². The number of aryl methyl sites for hydroxylation is 1. The number of rotatable bonds is 7. The van der Waals surface area contributed by atoms with Crippen molar-refractivity contribution in [3.63, 3.8) is 0 Å². The number of thioether (sulfide) groups is 1. The molecule has 2 bridgehead atoms. The Balaban J connectivity index is 1.35. The van der Waals surface area contributed by atoms with Crippen molar-refractivity contribution in [3.8, 4) is 0 Å². The van der Waals surface area contributed by atoms with Crippen molar-refractivity contribution in [1.29, 1.82) is 0 Å². The molecule has 3 aliphatic rings. The summed E-state index contributed by atoms with van der Waals surface area (Å²) in [5.41, 5.74) is 4.39. The number of hydrogen-bond donors (Lipinski definition) is 1. The highest BCUT2D eigenvalue weighted by molar-refractivity contribution is 8.00. The van der Waals surface area contributed by atoms with Crippen LogP contribution in [0.5, 0.6) is 0 Å². The lowest BCUT2D eigenvalue weighted by Gasteiger charge is -2.40. The lowest BCUT2D eigenvalue weighted by atomic mass is 9.75. The summed E-state index contributed by atoms with van der Waals surface area (Å²) in [4.78, 5) is 29.9. The average Bonchev–Trinajstić information content (AvgIpc) is 3.60. The summed E-state index contributed by atoms with van der Waals surface area (Å²) in [6, 6.07) is 16.9. The van der Waals surface area contributed by atoms with Crippen LogP contribution >= 0.6 is 23.1 Å². The summed E-state index contributed by atoms with van der Waals surface area (Å²) in [6.07, 6.45) is 3.91. The highest BCUT2D eigenvalue weighted by Crippen LogP contribution is 2.64. The minimum absolute atomic E-state index is 0.0190. The number of thiazole rings is 1. The number of para-hydroxylation sites is 1. The first kappa shape index (κ1) is 24.8. The van der Waals surface area contributed by atoms with Crippen LogP contribution in [0, 0.1) is 24.7 Å². The van der Waals surface area contributed by atoms with Gasteiger partial charge in [0.25, 0.3) is 0 Å². The summed E-state index contributed by atoms with van der Waals surface area (Å²) in [5, 5.41) is 4.57. The Kier molecular flexibility index (Phi) is 6.70. The molecule has 5 unspecified atom stereocenters. The fourth-order valence-corrected chi connectivity index (χ4v) is 10.1. The summed E-state index contributed by atoms with van der Waals surface area (Å²) in [7, 11) is 0. The van der Waals surface area contributed by atoms with E-state index in [1.807, 2.05) is 43.0 Å². The molecule has 0 saturated heterocycles. The van der Waals surface area contributed by atoms with Crippen molar-refractivity contribution in [3.05, 3.63) is 74.2 Å². The third-order valence-electron chi connectivity index (χ3n) is 8.79. The molecule has 0 spiro atoms. The van der Waals surface area contributed by atoms with E-state index in [-0.39, 0.29) is 23.2 Å². The summed E-state index contributed by atoms with van der Waals surface area (Å²) in [6.45, 7) is 8.41. The summed E-state index contributed by atoms with van der Waals surface area (Å²) < 4.78 is 1.75. The zero-order chi connectivity index (χ0) is 25.7. The third kappa shape index (κ3) is 4.34. The molecule has 6 rings (SSSR count). The molecule has 5 atom stereocenters. The number of fused-ring (bicyclic) bond motifs is 6. The van der Waals surface area contributed by atoms with E-state index in [0.29, 0.717) is 11.2 Å². The van der Waals surface area contributed by atoms with E-state index >= 15 is 0 Å². The van der Waals surface area contributed by atoms with Gasteiger partial charge in [-0.15, -0.1) is 11.8 Å². The fourth-order valence-electron chi connectivity index (χ4n) is 6.99. The molecule has 2 aliphatic carbocycles. The lowest BCUT2D eigenvalue weighted by Crippen LogP contribution is -2.35. The first-order valence-electron chi connectivity index (χ1n) is 13.6. The quantitative estimate of drug-likeness (QED) is 0.384. The van der Waals surface area contributed by atoms with Gasteiger partial charge in [0.1, 0.15) is 6.54 Å². The number of aromatic nitrogens is 1. The van der Waals surface area contributed by atoms with Crippen LogP contribution in [0.4, 0.5) is 11.4 Å². The topological polar surface area (TPSA) is 54.3 Å². The van der Waals surface area contributed by atoms with Crippen LogP contribution in [0.25, 0.3) is 0 Å². The zero-order valence-corrected chi connectivity index (χ0v) is 23.4. The summed E-state index contributed by atoms with van der Waals surface area (Å²) >= 11 is 3.25. The molecule has 37 heavy (non-hydrogen) atoms. The molecule has 1 amide bonds. The molecule has 2 aromatic carbocycles. The molecule has 2 saturated carbocycles. The smallest absolute Gasteiger partial charge is 0.308 e. The Morgan fingerprint density at radius 2 is 1.78 bits per heavy atom. The Morgan fingerprint density at radius 3 is 2.51 bits per heavy atom. The maximum Gasteiger partial charge on any atom is 0.308 e. The van der Waals surface area contributed by atoms with E-state index in [2.05, 4.69) is 48.3 Å². The lowest BCUT2D eigenvalue weighted by molar-refractivity contribution is -0.116. The van der Waals surface area contributed by atoms with Crippen molar-refractivity contribution in [2.24, 2.45) is 17.8 Å². The second kappa shape index (κ2) is 9.99. The van der Waals surface area contributed by atoms with E-state index in [0.717, 1.165) is 41.2 Å². The second-order valence-electron chi connectivity index (χ2n) is 10.7. The number of amides is 1. The van der Waals surface area contributed by atoms with E-state index in [4.69, 9.17) is 0 Å². The van der Waals surface area contributed by atoms with Crippen molar-refractivity contribution in [2.75, 3.05) is 23.3 Å². The van der Waals surface area contributed by atoms with Gasteiger partial charge in [0, 0.05) is 40.5 Å². The molecule has 1 aliphatic heterocycles. The average molecular weight is 534 g/mol. The fraction of sp³-hybridized carbons (Fsp3) is 0.467. The van der Waals surface area contributed by atoms with Crippen LogP contribution in [0.2, 0.25) is 0 Å². The molecule has 2 fully saturated rings. The van der Waals surface area contributed by atoms with E-state index in [1.54, 1.807) is 4.57 Å². The van der Waals surface area contributed by atoms with Gasteiger partial charge in [0.2, 0.25) is 5.91 Å². The Hall–Kier alpha value is -2.51. The molecule has 7 heteroatoms. The van der Waals surface area contributed by atoms with Gasteiger partial charge in [-0.05, 0) is 87.1 Å². The minimum atomic E-state index is -0.146. The first-order valence-corrected chi connectivity index (χ1v) is 15.3. The predicted molar refractivity (Wildman–Crippen MR) is 154 cm³/mol. The standard InChI is InChI=1S/C30H35N3O2S2/c1-4-32(5-2)22-14-12-19(13-15-22)25-26-20-10-11-21(16-20)27(26)36-29-28(25)37-30(35)33(29)17-24(34)31-23-9-7-6-8-18(23)3/h6-9,12-15,20-21,25-27H,4-5,10-11,16-17H2,1-3H3,(H,31,34). The molecular formula is C30H35N3O2S2. The van der Waals surface area contributed by atoms with Crippen molar-refractivity contribution < 1.29 is 4.79 Å². The Bertz CT molecular complexity index is 1360. The van der Waals surface area contributed by atoms with Crippen LogP contribution < -0.4 is 15.1 Å². The van der Waals surface area contributed by atoms with Gasteiger partial charge in [0.05, 0.1) is 5.03 Å². The minimum Gasteiger partial charge on any atom is -0.372 e. The number of anilines is 2. The number of hydrogen-bond acceptors (Lipinski definition) is 5. The van der Waals surface area contributed by atoms with Gasteiger partial charge in [0.15, 0.2) is 0 Å². The molecule has 5 nitrogen and oxygen atoms in total. The van der Waals surface area contributed by atoms with Gasteiger partial charge in [-0.3, -0.25) is 14.2 Å². The van der Waals surface area contributed by atoms with Crippen LogP contribution in [0.15, 0.2) is 58.4 Å². The number of nitrogens with zero attached hydrogens (tertiary/aromatic N) is 2. The van der Waals surface area contributed by atoms with E-state index in [1.165, 1.54) is 46.7 Å². The van der Waals surface area contributed by atoms with Crippen LogP contribution in [0.1, 0.15) is 55.0 Å². The first-order chi connectivity index (χ1) is 18.0. The molecule has 1 N–H and O–H groups in total. The van der Waals surface area contributed by atoms with E-state index in [9.17, 15) is 9.59 Å². The maximum atomic E-state index is 13.3. The number of carbonyl (C=O) groups is 1. The number of nitrogens with one attached hydrogen (secondary N) is 1. The monoisotopic (exact) mass is 533 g/mol. The van der Waals surface area contributed by atoms with Gasteiger partial charge in [-0.2, -0.15) is 0 Å². The molecule has 2 heterocycles. The highest BCUT2D eigenvalue weighted by Gasteiger charge is 2.55. The van der Waals surface area contributed by atoms with Crippen molar-refractivity contribution in [2.45, 2.75) is 62.8 Å². The van der Waals surface area contributed by atoms with Gasteiger partial charge < -0.3 is 10.2 Å². The largest absolute Gasteiger partial charge is 0.372 e. The summed E-state index contributed by atoms with van der Waals surface area (Å²) in [5.74, 6) is 2.12. The predicted octanol–water partition coefficient (Wildman–Crippen LogP) is 6.36. The molecule has 1 aromatic heterocycles. The SMILES string of the molecule is CCN(CC)c1ccc(C2c3sc(=O)n(CC(=O)Nc4ccccc4C)c3SC3C4CCC(C4)C23)cc1. The van der Waals surface area contributed by atoms with Crippen molar-refractivity contribution in [1.82, 2.24) is 4.57 Å². The van der Waals surface area contributed by atoms with E-state index < -0.39 is 0 Å². The Morgan fingerprint density at radius 1 is 1.05 bits per heavy atom. The molecular weight excluding hydrogens is 498 g/mol. The normalized spacial score (nSPS) is 25.5. The molecule has 194 valence electrons. The van der Waals surface area contributed by atoms with Crippen LogP contribution in [0.3, 0.4) is 0 Å². The number of carbonyl (C=O) groups excluding carboxylic acids is 1. The highest BCUT2D eigenvalue weighted by atomic mass is 32.2. The third-order valence-corrected chi connectivity index (χ3v) is 11.6. The van der Waals surface area contributed by atoms with Crippen LogP contribution in [-0.2, 0) is 11.3 Å². The molecule has 0 radical (unpaired) electrons. The zero-order valence-electron chi connectivity index (χ0n) is 21.8. The van der Waals surface area contributed by atoms with Gasteiger partial charge >= 0.3 is 4.87 Å². The molecule has 3 aromatic rings. The van der Waals surface area contributed by atoms with Crippen molar-refractivity contribution >= 4 is 40.4 Å². The number of benzene rings is 2. The van der Waals surface area contributed by atoms with Gasteiger partial charge in [-0.25, -0.2) is 0 Å². The Labute approximate surface area is 227 Å². The second-order valence-corrected chi connectivity index (χ2v) is 12.9. The van der Waals surface area contributed by atoms with Gasteiger partial charge in [-0.1, -0.05) is 41.7 Å².